The number of furan rings is 1. The maximum atomic E-state index is 5.42. The van der Waals surface area contributed by atoms with Crippen LogP contribution in [0, 0.1) is 5.92 Å². The SMILES string of the molecule is CCNC(=NCCc1ccco1)N1CCC2C(CCCN2C2CC2)C1.I. The van der Waals surface area contributed by atoms with Crippen LogP contribution in [-0.2, 0) is 6.42 Å². The van der Waals surface area contributed by atoms with Gasteiger partial charge in [0, 0.05) is 44.7 Å². The second kappa shape index (κ2) is 9.44. The van der Waals surface area contributed by atoms with E-state index < -0.39 is 0 Å². The number of aliphatic imine (C=N–C) groups is 1. The first kappa shape index (κ1) is 20.0. The van der Waals surface area contributed by atoms with Crippen molar-refractivity contribution in [2.24, 2.45) is 10.9 Å². The van der Waals surface area contributed by atoms with Crippen molar-refractivity contribution < 1.29 is 4.42 Å². The van der Waals surface area contributed by atoms with E-state index in [2.05, 4.69) is 22.0 Å². The number of likely N-dealkylation sites (tertiary alicyclic amines) is 2. The maximum Gasteiger partial charge on any atom is 0.193 e. The zero-order valence-electron chi connectivity index (χ0n) is 15.9. The lowest BCUT2D eigenvalue weighted by molar-refractivity contribution is 0.0370. The van der Waals surface area contributed by atoms with E-state index in [1.807, 2.05) is 12.1 Å². The highest BCUT2D eigenvalue weighted by Gasteiger charge is 2.42. The van der Waals surface area contributed by atoms with Gasteiger partial charge in [0.1, 0.15) is 5.76 Å². The minimum atomic E-state index is 0. The second-order valence-corrected chi connectivity index (χ2v) is 7.74. The molecule has 0 aromatic carbocycles. The van der Waals surface area contributed by atoms with Gasteiger partial charge in [-0.05, 0) is 63.6 Å². The Morgan fingerprint density at radius 2 is 2.15 bits per heavy atom. The molecule has 2 unspecified atom stereocenters. The maximum absolute atomic E-state index is 5.42. The van der Waals surface area contributed by atoms with Crippen LogP contribution in [0.5, 0.6) is 0 Å². The van der Waals surface area contributed by atoms with Gasteiger partial charge in [0.25, 0.3) is 0 Å². The average molecular weight is 472 g/mol. The number of nitrogens with one attached hydrogen (secondary N) is 1. The molecule has 2 aliphatic heterocycles. The number of fused-ring (bicyclic) bond motifs is 1. The van der Waals surface area contributed by atoms with Crippen molar-refractivity contribution in [2.45, 2.75) is 57.5 Å². The minimum absolute atomic E-state index is 0. The molecule has 1 saturated carbocycles. The van der Waals surface area contributed by atoms with E-state index in [1.54, 1.807) is 6.26 Å². The Labute approximate surface area is 174 Å². The Morgan fingerprint density at radius 1 is 1.27 bits per heavy atom. The summed E-state index contributed by atoms with van der Waals surface area (Å²) in [5.41, 5.74) is 0. The summed E-state index contributed by atoms with van der Waals surface area (Å²) in [7, 11) is 0. The molecule has 26 heavy (non-hydrogen) atoms. The molecule has 3 heterocycles. The van der Waals surface area contributed by atoms with Gasteiger partial charge in [0.2, 0.25) is 0 Å². The van der Waals surface area contributed by atoms with Gasteiger partial charge in [-0.2, -0.15) is 0 Å². The van der Waals surface area contributed by atoms with Crippen LogP contribution in [0.25, 0.3) is 0 Å². The Morgan fingerprint density at radius 3 is 2.88 bits per heavy atom. The lowest BCUT2D eigenvalue weighted by Crippen LogP contribution is -2.57. The van der Waals surface area contributed by atoms with Crippen LogP contribution in [0.4, 0.5) is 0 Å². The fourth-order valence-electron chi connectivity index (χ4n) is 4.65. The van der Waals surface area contributed by atoms with Gasteiger partial charge < -0.3 is 14.6 Å². The Hall–Kier alpha value is -0.760. The minimum Gasteiger partial charge on any atom is -0.469 e. The zero-order valence-corrected chi connectivity index (χ0v) is 18.2. The fraction of sp³-hybridized carbons (Fsp3) is 0.750. The monoisotopic (exact) mass is 472 g/mol. The number of nitrogens with zero attached hydrogens (tertiary/aromatic N) is 3. The third kappa shape index (κ3) is 4.74. The molecule has 3 fully saturated rings. The molecule has 1 aromatic heterocycles. The van der Waals surface area contributed by atoms with Gasteiger partial charge in [-0.3, -0.25) is 9.89 Å². The molecular weight excluding hydrogens is 439 g/mol. The van der Waals surface area contributed by atoms with Crippen molar-refractivity contribution in [3.8, 4) is 0 Å². The highest BCUT2D eigenvalue weighted by atomic mass is 127. The van der Waals surface area contributed by atoms with Gasteiger partial charge >= 0.3 is 0 Å². The van der Waals surface area contributed by atoms with Crippen LogP contribution >= 0.6 is 24.0 Å². The van der Waals surface area contributed by atoms with Crippen molar-refractivity contribution >= 4 is 29.9 Å². The molecule has 1 aromatic rings. The third-order valence-corrected chi connectivity index (χ3v) is 5.96. The molecule has 6 heteroatoms. The Bertz CT molecular complexity index is 572. The molecule has 3 aliphatic rings. The van der Waals surface area contributed by atoms with Crippen LogP contribution in [0.2, 0.25) is 0 Å². The summed E-state index contributed by atoms with van der Waals surface area (Å²) in [6, 6.07) is 5.71. The molecule has 146 valence electrons. The van der Waals surface area contributed by atoms with E-state index in [9.17, 15) is 0 Å². The number of halogens is 1. The summed E-state index contributed by atoms with van der Waals surface area (Å²) < 4.78 is 5.42. The number of hydrogen-bond donors (Lipinski definition) is 1. The summed E-state index contributed by atoms with van der Waals surface area (Å²) in [5, 5.41) is 3.51. The lowest BCUT2D eigenvalue weighted by Gasteiger charge is -2.48. The summed E-state index contributed by atoms with van der Waals surface area (Å²) in [6.45, 7) is 7.51. The molecule has 2 atom stereocenters. The summed E-state index contributed by atoms with van der Waals surface area (Å²) >= 11 is 0. The number of guanidine groups is 1. The van der Waals surface area contributed by atoms with Gasteiger partial charge in [0.05, 0.1) is 6.26 Å². The largest absolute Gasteiger partial charge is 0.469 e. The molecule has 0 spiro atoms. The van der Waals surface area contributed by atoms with E-state index in [4.69, 9.17) is 9.41 Å². The van der Waals surface area contributed by atoms with E-state index in [0.717, 1.165) is 55.8 Å². The van der Waals surface area contributed by atoms with E-state index in [0.29, 0.717) is 0 Å². The molecule has 1 aliphatic carbocycles. The quantitative estimate of drug-likeness (QED) is 0.406. The molecule has 0 bridgehead atoms. The van der Waals surface area contributed by atoms with Gasteiger partial charge in [0.15, 0.2) is 5.96 Å². The van der Waals surface area contributed by atoms with Crippen molar-refractivity contribution in [3.05, 3.63) is 24.2 Å². The predicted molar refractivity (Wildman–Crippen MR) is 116 cm³/mol. The van der Waals surface area contributed by atoms with E-state index in [1.165, 1.54) is 45.2 Å². The zero-order chi connectivity index (χ0) is 17.1. The standard InChI is InChI=1S/C20H32N4O.HI/c1-2-21-20(22-11-9-18-6-4-14-25-18)23-13-10-19-16(15-23)5-3-12-24(19)17-7-8-17;/h4,6,14,16-17,19H,2-3,5,7-13,15H2,1H3,(H,21,22);1H. The van der Waals surface area contributed by atoms with Crippen molar-refractivity contribution in [2.75, 3.05) is 32.7 Å². The summed E-state index contributed by atoms with van der Waals surface area (Å²) in [4.78, 5) is 10.2. The lowest BCUT2D eigenvalue weighted by atomic mass is 9.83. The topological polar surface area (TPSA) is 44.0 Å². The predicted octanol–water partition coefficient (Wildman–Crippen LogP) is 3.35. The van der Waals surface area contributed by atoms with Crippen molar-refractivity contribution in [1.82, 2.24) is 15.1 Å². The first-order valence-corrected chi connectivity index (χ1v) is 10.2. The van der Waals surface area contributed by atoms with Crippen LogP contribution in [0.1, 0.15) is 44.8 Å². The molecular formula is C20H33IN4O. The first-order chi connectivity index (χ1) is 12.3. The highest BCUT2D eigenvalue weighted by Crippen LogP contribution is 2.38. The second-order valence-electron chi connectivity index (χ2n) is 7.74. The Kier molecular flexibility index (Phi) is 7.26. The average Bonchev–Trinajstić information content (AvgIpc) is 3.36. The highest BCUT2D eigenvalue weighted by molar-refractivity contribution is 14.0. The fourth-order valence-corrected chi connectivity index (χ4v) is 4.65. The number of hydrogen-bond acceptors (Lipinski definition) is 3. The number of piperidine rings is 2. The normalized spacial score (nSPS) is 27.0. The molecule has 1 N–H and O–H groups in total. The van der Waals surface area contributed by atoms with Gasteiger partial charge in [-0.15, -0.1) is 24.0 Å². The van der Waals surface area contributed by atoms with Crippen LogP contribution in [0.15, 0.2) is 27.8 Å². The van der Waals surface area contributed by atoms with Crippen LogP contribution in [-0.4, -0.2) is 60.6 Å². The smallest absolute Gasteiger partial charge is 0.193 e. The third-order valence-electron chi connectivity index (χ3n) is 5.96. The molecule has 4 rings (SSSR count). The van der Waals surface area contributed by atoms with E-state index in [-0.39, 0.29) is 24.0 Å². The van der Waals surface area contributed by atoms with E-state index >= 15 is 0 Å². The van der Waals surface area contributed by atoms with Gasteiger partial charge in [-0.25, -0.2) is 0 Å². The van der Waals surface area contributed by atoms with Crippen molar-refractivity contribution in [3.63, 3.8) is 0 Å². The van der Waals surface area contributed by atoms with Crippen LogP contribution < -0.4 is 5.32 Å². The summed E-state index contributed by atoms with van der Waals surface area (Å²) in [5.74, 6) is 2.93. The molecule has 5 nitrogen and oxygen atoms in total. The summed E-state index contributed by atoms with van der Waals surface area (Å²) in [6.07, 6.45) is 9.53. The Balaban J connectivity index is 0.00000196. The molecule has 2 saturated heterocycles. The molecule has 0 amide bonds. The van der Waals surface area contributed by atoms with Gasteiger partial charge in [-0.1, -0.05) is 0 Å². The van der Waals surface area contributed by atoms with Crippen LogP contribution in [0.3, 0.4) is 0 Å². The number of rotatable bonds is 5. The first-order valence-electron chi connectivity index (χ1n) is 10.2. The van der Waals surface area contributed by atoms with Crippen molar-refractivity contribution in [1.29, 1.82) is 0 Å². The molecule has 0 radical (unpaired) electrons.